The van der Waals surface area contributed by atoms with Gasteiger partial charge < -0.3 is 18.8 Å². The minimum Gasteiger partial charge on any atom is -0.793 e. The van der Waals surface area contributed by atoms with E-state index in [4.69, 9.17) is 32.7 Å². The van der Waals surface area contributed by atoms with E-state index in [-0.39, 0.29) is 30.0 Å². The summed E-state index contributed by atoms with van der Waals surface area (Å²) < 4.78 is 10.8. The van der Waals surface area contributed by atoms with Crippen molar-refractivity contribution in [1.82, 2.24) is 0 Å². The minimum atomic E-state index is -2.85. The Morgan fingerprint density at radius 3 is 1.21 bits per heavy atom. The van der Waals surface area contributed by atoms with Crippen LogP contribution in [0.5, 0.6) is 0 Å². The molecule has 0 N–H and O–H groups in total. The molecular weight excluding hydrogens is 584 g/mol. The Hall–Kier alpha value is 2.46. The van der Waals surface area contributed by atoms with Crippen molar-refractivity contribution in [3.05, 3.63) is 0 Å². The molecular formula is C22H48O4P2S4Zn. The van der Waals surface area contributed by atoms with E-state index in [2.05, 4.69) is 27.7 Å². The van der Waals surface area contributed by atoms with Gasteiger partial charge in [0.15, 0.2) is 0 Å². The first kappa shape index (κ1) is 40.0. The van der Waals surface area contributed by atoms with Crippen LogP contribution in [0.4, 0.5) is 0 Å². The number of hydrogen-bond donors (Lipinski definition) is 0. The first-order chi connectivity index (χ1) is 14.8. The molecule has 4 atom stereocenters. The maximum absolute atomic E-state index is 11.9. The van der Waals surface area contributed by atoms with Crippen LogP contribution in [-0.2, 0) is 52.1 Å². The Morgan fingerprint density at radius 1 is 0.697 bits per heavy atom. The zero-order valence-corrected chi connectivity index (χ0v) is 30.3. The van der Waals surface area contributed by atoms with Crippen LogP contribution in [0.15, 0.2) is 0 Å². The van der Waals surface area contributed by atoms with E-state index in [0.29, 0.717) is 25.0 Å². The molecule has 0 amide bonds. The molecule has 0 heterocycles. The Morgan fingerprint density at radius 2 is 1.00 bits per heavy atom. The minimum absolute atomic E-state index is 0. The standard InChI is InChI=1S/2C11H25O2PS2.Zn/c2*1-5-7-8-11(6-2)9-13-14(12,15)16-10(3)4;/h2*10-11H,5-9H2,1-4H3,(H,12,15);/q;;+2/p-2. The van der Waals surface area contributed by atoms with E-state index in [1.54, 1.807) is 0 Å². The smallest absolute Gasteiger partial charge is 0.793 e. The maximum atomic E-state index is 11.9. The van der Waals surface area contributed by atoms with Gasteiger partial charge in [0.2, 0.25) is 0 Å². The van der Waals surface area contributed by atoms with E-state index in [1.165, 1.54) is 48.4 Å². The normalized spacial score (nSPS) is 16.8. The van der Waals surface area contributed by atoms with E-state index >= 15 is 0 Å². The van der Waals surface area contributed by atoms with Crippen molar-refractivity contribution in [2.24, 2.45) is 11.8 Å². The van der Waals surface area contributed by atoms with Gasteiger partial charge in [-0.05, 0) is 24.7 Å². The summed E-state index contributed by atoms with van der Waals surface area (Å²) in [7, 11) is 0. The number of rotatable bonds is 18. The quantitative estimate of drug-likeness (QED) is 0.112. The molecule has 0 aromatic carbocycles. The summed E-state index contributed by atoms with van der Waals surface area (Å²) in [5.41, 5.74) is -5.70. The van der Waals surface area contributed by atoms with Gasteiger partial charge >= 0.3 is 19.5 Å². The average molecular weight is 632 g/mol. The Balaban J connectivity index is -0.000000529. The molecule has 0 radical (unpaired) electrons. The fourth-order valence-corrected chi connectivity index (χ4v) is 12.0. The first-order valence-corrected chi connectivity index (χ1v) is 20.3. The summed E-state index contributed by atoms with van der Waals surface area (Å²) in [5.74, 6) is 1.01. The van der Waals surface area contributed by atoms with Gasteiger partial charge in [0.1, 0.15) is 0 Å². The van der Waals surface area contributed by atoms with Crippen LogP contribution in [0.2, 0.25) is 0 Å². The molecule has 4 unspecified atom stereocenters. The molecule has 0 saturated heterocycles. The van der Waals surface area contributed by atoms with Crippen LogP contribution in [-0.4, -0.2) is 23.7 Å². The second kappa shape index (κ2) is 23.6. The van der Waals surface area contributed by atoms with Crippen molar-refractivity contribution in [2.45, 2.75) is 117 Å². The average Bonchev–Trinajstić information content (AvgIpc) is 2.67. The summed E-state index contributed by atoms with van der Waals surface area (Å²) in [6, 6.07) is 0. The second-order valence-electron chi connectivity index (χ2n) is 8.63. The van der Waals surface area contributed by atoms with Crippen molar-refractivity contribution in [3.8, 4) is 0 Å². The molecule has 0 spiro atoms. The van der Waals surface area contributed by atoms with E-state index in [9.17, 15) is 9.79 Å². The molecule has 0 aliphatic heterocycles. The van der Waals surface area contributed by atoms with Crippen molar-refractivity contribution in [1.29, 1.82) is 0 Å². The fraction of sp³-hybridized carbons (Fsp3) is 1.00. The van der Waals surface area contributed by atoms with Crippen LogP contribution < -0.4 is 9.79 Å². The van der Waals surface area contributed by atoms with Gasteiger partial charge in [0, 0.05) is 21.9 Å². The molecule has 0 aliphatic carbocycles. The van der Waals surface area contributed by atoms with Crippen molar-refractivity contribution < 1.29 is 38.3 Å². The monoisotopic (exact) mass is 630 g/mol. The number of unbranched alkanes of at least 4 members (excludes halogenated alkanes) is 2. The predicted octanol–water partition coefficient (Wildman–Crippen LogP) is 7.89. The Kier molecular flexibility index (Phi) is 28.5. The molecule has 0 saturated carbocycles. The summed E-state index contributed by atoms with van der Waals surface area (Å²) in [4.78, 5) is 23.7. The Labute approximate surface area is 236 Å². The maximum Gasteiger partial charge on any atom is 2.00 e. The van der Waals surface area contributed by atoms with Crippen LogP contribution in [0.25, 0.3) is 0 Å². The van der Waals surface area contributed by atoms with Crippen LogP contribution in [0, 0.1) is 11.8 Å². The summed E-state index contributed by atoms with van der Waals surface area (Å²) in [6.07, 6.45) is 9.25. The van der Waals surface area contributed by atoms with Gasteiger partial charge in [-0.1, -0.05) is 118 Å². The number of hydrogen-bond acceptors (Lipinski definition) is 8. The van der Waals surface area contributed by atoms with Crippen LogP contribution in [0.3, 0.4) is 0 Å². The summed E-state index contributed by atoms with van der Waals surface area (Å²) in [5, 5.41) is 0.526. The van der Waals surface area contributed by atoms with Gasteiger partial charge in [-0.3, -0.25) is 0 Å². The third kappa shape index (κ3) is 27.3. The molecule has 0 aromatic rings. The largest absolute Gasteiger partial charge is 2.00 e. The molecule has 11 heteroatoms. The molecule has 196 valence electrons. The summed E-state index contributed by atoms with van der Waals surface area (Å²) in [6.45, 7) is 17.7. The third-order valence-electron chi connectivity index (χ3n) is 4.70. The summed E-state index contributed by atoms with van der Waals surface area (Å²) >= 11 is 12.6. The molecule has 0 bridgehead atoms. The fourth-order valence-electron chi connectivity index (χ4n) is 2.77. The topological polar surface area (TPSA) is 64.6 Å². The first-order valence-electron chi connectivity index (χ1n) is 12.1. The molecule has 0 aromatic heterocycles. The van der Waals surface area contributed by atoms with Crippen molar-refractivity contribution >= 4 is 57.8 Å². The zero-order valence-electron chi connectivity index (χ0n) is 22.2. The van der Waals surface area contributed by atoms with E-state index < -0.39 is 11.4 Å². The second-order valence-corrected chi connectivity index (χ2v) is 21.7. The predicted molar refractivity (Wildman–Crippen MR) is 153 cm³/mol. The molecule has 0 aliphatic rings. The van der Waals surface area contributed by atoms with Gasteiger partial charge in [-0.15, -0.1) is 22.8 Å². The zero-order chi connectivity index (χ0) is 25.2. The third-order valence-corrected chi connectivity index (χ3v) is 13.9. The van der Waals surface area contributed by atoms with Crippen molar-refractivity contribution in [2.75, 3.05) is 13.2 Å². The van der Waals surface area contributed by atoms with Crippen LogP contribution >= 0.6 is 34.2 Å². The molecule has 0 rings (SSSR count). The molecule has 0 fully saturated rings. The van der Waals surface area contributed by atoms with E-state index in [1.807, 2.05) is 27.7 Å². The molecule has 33 heavy (non-hydrogen) atoms. The van der Waals surface area contributed by atoms with Gasteiger partial charge in [-0.25, -0.2) is 0 Å². The molecule has 4 nitrogen and oxygen atoms in total. The Bertz CT molecular complexity index is 497. The van der Waals surface area contributed by atoms with E-state index in [0.717, 1.165) is 25.7 Å². The van der Waals surface area contributed by atoms with Crippen LogP contribution in [0.1, 0.15) is 107 Å². The SMILES string of the molecule is CCCCC(CC)COP([O-])(=S)SC(C)C.CCCCC(CC)COP([O-])(=S)SC(C)C.[Zn+2]. The van der Waals surface area contributed by atoms with Gasteiger partial charge in [-0.2, -0.15) is 0 Å². The van der Waals surface area contributed by atoms with Gasteiger partial charge in [0.25, 0.3) is 0 Å². The van der Waals surface area contributed by atoms with Gasteiger partial charge in [0.05, 0.1) is 13.2 Å². The van der Waals surface area contributed by atoms with Crippen molar-refractivity contribution in [3.63, 3.8) is 0 Å².